The molecule has 2 amide bonds. The summed E-state index contributed by atoms with van der Waals surface area (Å²) in [7, 11) is 0. The molecular weight excluding hydrogens is 349 g/mol. The van der Waals surface area contributed by atoms with E-state index in [1.807, 2.05) is 6.07 Å². The smallest absolute Gasteiger partial charge is 0.445 e. The number of alkyl halides is 3. The van der Waals surface area contributed by atoms with E-state index in [1.165, 1.54) is 0 Å². The number of nitrogens with one attached hydrogen (secondary N) is 2. The summed E-state index contributed by atoms with van der Waals surface area (Å²) in [5, 5.41) is 9.54. The van der Waals surface area contributed by atoms with E-state index in [4.69, 9.17) is 9.47 Å². The van der Waals surface area contributed by atoms with Gasteiger partial charge in [0.25, 0.3) is 0 Å². The highest BCUT2D eigenvalue weighted by Crippen LogP contribution is 2.33. The predicted molar refractivity (Wildman–Crippen MR) is 78.3 cm³/mol. The minimum absolute atomic E-state index is 0.116. The Balaban J connectivity index is 1.49. The molecule has 0 bridgehead atoms. The van der Waals surface area contributed by atoms with Gasteiger partial charge in [-0.05, 0) is 12.1 Å². The maximum atomic E-state index is 12.4. The lowest BCUT2D eigenvalue weighted by atomic mass is 10.2. The number of aromatic nitrogens is 2. The van der Waals surface area contributed by atoms with Gasteiger partial charge in [-0.25, -0.2) is 4.79 Å². The first-order valence-electron chi connectivity index (χ1n) is 6.76. The summed E-state index contributed by atoms with van der Waals surface area (Å²) < 4.78 is 48.3. The molecule has 11 heteroatoms. The van der Waals surface area contributed by atoms with E-state index in [9.17, 15) is 18.0 Å². The number of ether oxygens (including phenoxy) is 2. The third kappa shape index (κ3) is 3.85. The van der Waals surface area contributed by atoms with Crippen LogP contribution in [0.4, 0.5) is 23.1 Å². The van der Waals surface area contributed by atoms with E-state index in [0.29, 0.717) is 11.5 Å². The van der Waals surface area contributed by atoms with Crippen LogP contribution in [-0.4, -0.2) is 35.5 Å². The summed E-state index contributed by atoms with van der Waals surface area (Å²) >= 11 is 0.245. The molecule has 0 saturated carbocycles. The van der Waals surface area contributed by atoms with Crippen molar-refractivity contribution in [2.24, 2.45) is 0 Å². The Labute approximate surface area is 137 Å². The van der Waals surface area contributed by atoms with Crippen LogP contribution in [0.2, 0.25) is 0 Å². The summed E-state index contributed by atoms with van der Waals surface area (Å²) in [6, 6.07) is 6.40. The van der Waals surface area contributed by atoms with Crippen LogP contribution in [0.15, 0.2) is 24.3 Å². The van der Waals surface area contributed by atoms with Crippen molar-refractivity contribution < 1.29 is 27.4 Å². The molecule has 0 aliphatic carbocycles. The Kier molecular flexibility index (Phi) is 4.42. The van der Waals surface area contributed by atoms with Crippen molar-refractivity contribution in [3.8, 4) is 11.5 Å². The van der Waals surface area contributed by atoms with E-state index in [0.717, 1.165) is 0 Å². The number of amides is 2. The van der Waals surface area contributed by atoms with Crippen LogP contribution in [-0.2, 0) is 6.18 Å². The molecule has 128 valence electrons. The van der Waals surface area contributed by atoms with Gasteiger partial charge in [-0.3, -0.25) is 5.32 Å². The number of urea groups is 1. The van der Waals surface area contributed by atoms with Gasteiger partial charge < -0.3 is 14.8 Å². The maximum absolute atomic E-state index is 12.4. The van der Waals surface area contributed by atoms with Crippen LogP contribution >= 0.6 is 11.3 Å². The lowest BCUT2D eigenvalue weighted by Gasteiger charge is -2.26. The number of carbonyl (C=O) groups is 1. The molecule has 7 nitrogen and oxygen atoms in total. The van der Waals surface area contributed by atoms with Crippen LogP contribution in [0.1, 0.15) is 5.01 Å². The Morgan fingerprint density at radius 1 is 1.29 bits per heavy atom. The molecule has 0 saturated heterocycles. The van der Waals surface area contributed by atoms with Gasteiger partial charge in [0, 0.05) is 0 Å². The van der Waals surface area contributed by atoms with E-state index < -0.39 is 23.3 Å². The van der Waals surface area contributed by atoms with Gasteiger partial charge in [-0.2, -0.15) is 13.2 Å². The zero-order valence-electron chi connectivity index (χ0n) is 12.0. The van der Waals surface area contributed by atoms with Gasteiger partial charge in [0.2, 0.25) is 10.1 Å². The van der Waals surface area contributed by atoms with Gasteiger partial charge in [0.15, 0.2) is 17.6 Å². The molecule has 2 aromatic rings. The molecule has 0 spiro atoms. The van der Waals surface area contributed by atoms with Crippen LogP contribution in [0.5, 0.6) is 11.5 Å². The first-order chi connectivity index (χ1) is 11.4. The molecule has 1 unspecified atom stereocenters. The Bertz CT molecular complexity index is 737. The number of anilines is 1. The average molecular weight is 360 g/mol. The number of hydrogen-bond acceptors (Lipinski definition) is 6. The second-order valence-electron chi connectivity index (χ2n) is 4.74. The zero-order valence-corrected chi connectivity index (χ0v) is 12.8. The zero-order chi connectivity index (χ0) is 17.2. The molecule has 1 aliphatic rings. The topological polar surface area (TPSA) is 85.4 Å². The lowest BCUT2D eigenvalue weighted by Crippen LogP contribution is -2.42. The normalized spacial score (nSPS) is 16.5. The quantitative estimate of drug-likeness (QED) is 0.879. The minimum Gasteiger partial charge on any atom is -0.486 e. The minimum atomic E-state index is -4.59. The monoisotopic (exact) mass is 360 g/mol. The molecule has 1 aromatic heterocycles. The average Bonchev–Trinajstić information content (AvgIpc) is 3.01. The van der Waals surface area contributed by atoms with Crippen molar-refractivity contribution in [3.63, 3.8) is 0 Å². The van der Waals surface area contributed by atoms with Gasteiger partial charge in [0.05, 0.1) is 6.54 Å². The summed E-state index contributed by atoms with van der Waals surface area (Å²) in [4.78, 5) is 11.7. The highest BCUT2D eigenvalue weighted by Gasteiger charge is 2.35. The standard InChI is InChI=1S/C13H11F3N4O3S/c14-13(15,16)10-19-20-12(24-10)18-11(21)17-5-7-6-22-8-3-1-2-4-9(8)23-7/h1-4,7H,5-6H2,(H2,17,18,20,21). The fourth-order valence-electron chi connectivity index (χ4n) is 1.90. The highest BCUT2D eigenvalue weighted by atomic mass is 32.1. The van der Waals surface area contributed by atoms with Crippen molar-refractivity contribution >= 4 is 22.5 Å². The summed E-state index contributed by atoms with van der Waals surface area (Å²) in [6.45, 7) is 0.361. The Morgan fingerprint density at radius 3 is 2.75 bits per heavy atom. The number of fused-ring (bicyclic) bond motifs is 1. The van der Waals surface area contributed by atoms with Crippen LogP contribution in [0, 0.1) is 0 Å². The van der Waals surface area contributed by atoms with Crippen molar-refractivity contribution in [3.05, 3.63) is 29.3 Å². The molecule has 3 rings (SSSR count). The number of carbonyl (C=O) groups excluding carboxylic acids is 1. The van der Waals surface area contributed by atoms with Crippen molar-refractivity contribution in [2.45, 2.75) is 12.3 Å². The molecule has 0 fully saturated rings. The molecule has 2 N–H and O–H groups in total. The first-order valence-corrected chi connectivity index (χ1v) is 7.57. The Hall–Kier alpha value is -2.56. The van der Waals surface area contributed by atoms with Gasteiger partial charge >= 0.3 is 12.2 Å². The highest BCUT2D eigenvalue weighted by molar-refractivity contribution is 7.15. The molecule has 1 aromatic carbocycles. The fourth-order valence-corrected chi connectivity index (χ4v) is 2.51. The van der Waals surface area contributed by atoms with Crippen molar-refractivity contribution in [1.29, 1.82) is 0 Å². The number of nitrogens with zero attached hydrogens (tertiary/aromatic N) is 2. The summed E-state index contributed by atoms with van der Waals surface area (Å²) in [5.74, 6) is 1.18. The third-order valence-electron chi connectivity index (χ3n) is 2.95. The van der Waals surface area contributed by atoms with E-state index >= 15 is 0 Å². The van der Waals surface area contributed by atoms with Crippen molar-refractivity contribution in [2.75, 3.05) is 18.5 Å². The second-order valence-corrected chi connectivity index (χ2v) is 5.72. The third-order valence-corrected chi connectivity index (χ3v) is 3.83. The lowest BCUT2D eigenvalue weighted by molar-refractivity contribution is -0.138. The van der Waals surface area contributed by atoms with Crippen LogP contribution in [0.25, 0.3) is 0 Å². The molecule has 1 aliphatic heterocycles. The Morgan fingerprint density at radius 2 is 2.04 bits per heavy atom. The molecule has 1 atom stereocenters. The van der Waals surface area contributed by atoms with E-state index in [1.54, 1.807) is 18.2 Å². The fraction of sp³-hybridized carbons (Fsp3) is 0.308. The predicted octanol–water partition coefficient (Wildman–Crippen LogP) is 2.52. The van der Waals surface area contributed by atoms with Gasteiger partial charge in [0.1, 0.15) is 6.61 Å². The molecule has 24 heavy (non-hydrogen) atoms. The van der Waals surface area contributed by atoms with Crippen LogP contribution < -0.4 is 20.1 Å². The van der Waals surface area contributed by atoms with Crippen molar-refractivity contribution in [1.82, 2.24) is 15.5 Å². The van der Waals surface area contributed by atoms with Crippen LogP contribution in [0.3, 0.4) is 0 Å². The largest absolute Gasteiger partial charge is 0.486 e. The number of hydrogen-bond donors (Lipinski definition) is 2. The molecular formula is C13H11F3N4O3S. The van der Waals surface area contributed by atoms with Gasteiger partial charge in [-0.1, -0.05) is 23.5 Å². The number of benzene rings is 1. The number of rotatable bonds is 3. The molecule has 0 radical (unpaired) electrons. The first kappa shape index (κ1) is 16.3. The maximum Gasteiger partial charge on any atom is 0.445 e. The summed E-state index contributed by atoms with van der Waals surface area (Å²) in [6.07, 6.45) is -5.00. The second kappa shape index (κ2) is 6.51. The van der Waals surface area contributed by atoms with E-state index in [2.05, 4.69) is 20.8 Å². The van der Waals surface area contributed by atoms with E-state index in [-0.39, 0.29) is 29.6 Å². The summed E-state index contributed by atoms with van der Waals surface area (Å²) in [5.41, 5.74) is 0. The van der Waals surface area contributed by atoms with Gasteiger partial charge in [-0.15, -0.1) is 10.2 Å². The SMILES string of the molecule is O=C(NCC1COc2ccccc2O1)Nc1nnc(C(F)(F)F)s1. The molecule has 2 heterocycles. The number of halogens is 3. The number of para-hydroxylation sites is 2.